The summed E-state index contributed by atoms with van der Waals surface area (Å²) in [6.07, 6.45) is 2.88. The van der Waals surface area contributed by atoms with Crippen molar-refractivity contribution in [2.75, 3.05) is 20.3 Å². The number of nitrogens with zero attached hydrogens (tertiary/aromatic N) is 5. The molecule has 3 heterocycles. The minimum atomic E-state index is -0.509. The highest BCUT2D eigenvalue weighted by Gasteiger charge is 2.36. The number of methoxy groups -OCH3 is 1. The first-order valence-electron chi connectivity index (χ1n) is 14.1. The molecule has 2 unspecified atom stereocenters. The van der Waals surface area contributed by atoms with Crippen LogP contribution < -0.4 is 10.3 Å². The van der Waals surface area contributed by atoms with E-state index in [0.717, 1.165) is 59.2 Å². The first-order valence-corrected chi connectivity index (χ1v) is 14.1. The number of hydrogen-bond donors (Lipinski definition) is 1. The minimum Gasteiger partial charge on any atom is -0.497 e. The van der Waals surface area contributed by atoms with Gasteiger partial charge < -0.3 is 14.5 Å². The van der Waals surface area contributed by atoms with Crippen LogP contribution in [0.4, 0.5) is 0 Å². The number of nitrogens with one attached hydrogen (secondary N) is 1. The van der Waals surface area contributed by atoms with E-state index in [-0.39, 0.29) is 17.2 Å². The number of rotatable bonds is 10. The van der Waals surface area contributed by atoms with E-state index in [9.17, 15) is 4.79 Å². The quantitative estimate of drug-likeness (QED) is 0.298. The van der Waals surface area contributed by atoms with Gasteiger partial charge in [0.25, 0.3) is 5.56 Å². The van der Waals surface area contributed by atoms with Gasteiger partial charge in [0.05, 0.1) is 24.3 Å². The fourth-order valence-corrected chi connectivity index (χ4v) is 5.67. The van der Waals surface area contributed by atoms with Crippen LogP contribution in [0.3, 0.4) is 0 Å². The highest BCUT2D eigenvalue weighted by molar-refractivity contribution is 5.83. The van der Waals surface area contributed by atoms with Gasteiger partial charge in [0.2, 0.25) is 0 Å². The second kappa shape index (κ2) is 11.5. The van der Waals surface area contributed by atoms with Crippen molar-refractivity contribution < 1.29 is 9.47 Å². The molecular formula is C31H40N6O3. The Labute approximate surface area is 235 Å². The molecule has 1 fully saturated rings. The number of aryl methyl sites for hydroxylation is 2. The summed E-state index contributed by atoms with van der Waals surface area (Å²) in [4.78, 5) is 19.4. The van der Waals surface area contributed by atoms with Gasteiger partial charge in [-0.3, -0.25) is 9.69 Å². The third-order valence-electron chi connectivity index (χ3n) is 8.14. The summed E-state index contributed by atoms with van der Waals surface area (Å²) in [6, 6.07) is 13.8. The SMILES string of the molecule is CCC(C)(C)n1nnnc1C(c1cc2cc(C)cc(C)c2[nH]c1=O)N(Cc1cccc(OC)c1)CC1CCCO1. The molecule has 9 nitrogen and oxygen atoms in total. The number of pyridine rings is 1. The zero-order chi connectivity index (χ0) is 28.4. The summed E-state index contributed by atoms with van der Waals surface area (Å²) in [5, 5.41) is 14.1. The summed E-state index contributed by atoms with van der Waals surface area (Å²) in [5.74, 6) is 1.43. The monoisotopic (exact) mass is 544 g/mol. The lowest BCUT2D eigenvalue weighted by Gasteiger charge is -2.35. The van der Waals surface area contributed by atoms with Crippen LogP contribution in [-0.4, -0.2) is 56.5 Å². The van der Waals surface area contributed by atoms with Crippen LogP contribution in [0.25, 0.3) is 10.9 Å². The summed E-state index contributed by atoms with van der Waals surface area (Å²) < 4.78 is 13.5. The van der Waals surface area contributed by atoms with Gasteiger partial charge >= 0.3 is 0 Å². The van der Waals surface area contributed by atoms with E-state index in [1.54, 1.807) is 7.11 Å². The van der Waals surface area contributed by atoms with Crippen molar-refractivity contribution in [1.82, 2.24) is 30.1 Å². The average Bonchev–Trinajstić information content (AvgIpc) is 3.63. The Morgan fingerprint density at radius 1 is 1.23 bits per heavy atom. The van der Waals surface area contributed by atoms with Crippen LogP contribution in [-0.2, 0) is 16.8 Å². The summed E-state index contributed by atoms with van der Waals surface area (Å²) in [5.41, 5.74) is 4.23. The maximum Gasteiger partial charge on any atom is 0.253 e. The molecule has 40 heavy (non-hydrogen) atoms. The highest BCUT2D eigenvalue weighted by Crippen LogP contribution is 2.33. The molecule has 1 aliphatic rings. The van der Waals surface area contributed by atoms with E-state index in [2.05, 4.69) is 71.3 Å². The Hall–Kier alpha value is -3.56. The van der Waals surface area contributed by atoms with Crippen molar-refractivity contribution in [3.8, 4) is 5.75 Å². The number of hydrogen-bond acceptors (Lipinski definition) is 7. The zero-order valence-corrected chi connectivity index (χ0v) is 24.4. The normalized spacial score (nSPS) is 16.6. The lowest BCUT2D eigenvalue weighted by molar-refractivity contribution is 0.0562. The first-order chi connectivity index (χ1) is 19.2. The molecule has 1 saturated heterocycles. The van der Waals surface area contributed by atoms with Gasteiger partial charge in [-0.05, 0) is 98.2 Å². The fourth-order valence-electron chi connectivity index (χ4n) is 5.67. The lowest BCUT2D eigenvalue weighted by atomic mass is 9.97. The second-order valence-corrected chi connectivity index (χ2v) is 11.5. The number of tetrazole rings is 1. The summed E-state index contributed by atoms with van der Waals surface area (Å²) in [6.45, 7) is 12.4. The zero-order valence-electron chi connectivity index (χ0n) is 24.4. The maximum atomic E-state index is 13.9. The van der Waals surface area contributed by atoms with Gasteiger partial charge in [0.1, 0.15) is 11.8 Å². The molecule has 2 aromatic carbocycles. The van der Waals surface area contributed by atoms with Crippen LogP contribution in [0.15, 0.2) is 47.3 Å². The standard InChI is InChI=1S/C31H40N6O3/c1-7-31(4,5)37-29(33-34-35-37)28(26-17-23-15-20(2)14-21(3)27(23)32-30(26)38)36(19-25-12-9-13-40-25)18-22-10-8-11-24(16-22)39-6/h8,10-11,14-17,25,28H,7,9,12-13,18-19H2,1-6H3,(H,32,38). The molecule has 1 aliphatic heterocycles. The maximum absolute atomic E-state index is 13.9. The predicted molar refractivity (Wildman–Crippen MR) is 156 cm³/mol. The fraction of sp³-hybridized carbons (Fsp3) is 0.484. The van der Waals surface area contributed by atoms with E-state index in [0.29, 0.717) is 24.5 Å². The van der Waals surface area contributed by atoms with Gasteiger partial charge in [-0.2, -0.15) is 0 Å². The molecule has 2 atom stereocenters. The molecule has 9 heteroatoms. The molecule has 2 aromatic heterocycles. The molecule has 0 amide bonds. The molecular weight excluding hydrogens is 504 g/mol. The molecule has 1 N–H and O–H groups in total. The van der Waals surface area contributed by atoms with Crippen LogP contribution in [0, 0.1) is 13.8 Å². The van der Waals surface area contributed by atoms with E-state index in [4.69, 9.17) is 9.47 Å². The van der Waals surface area contributed by atoms with Crippen molar-refractivity contribution in [2.24, 2.45) is 0 Å². The Kier molecular flexibility index (Phi) is 8.05. The first kappa shape index (κ1) is 28.0. The van der Waals surface area contributed by atoms with Crippen LogP contribution in [0.5, 0.6) is 5.75 Å². The topological polar surface area (TPSA) is 98.2 Å². The predicted octanol–water partition coefficient (Wildman–Crippen LogP) is 5.06. The third-order valence-corrected chi connectivity index (χ3v) is 8.14. The van der Waals surface area contributed by atoms with Crippen molar-refractivity contribution in [3.63, 3.8) is 0 Å². The third kappa shape index (κ3) is 5.67. The van der Waals surface area contributed by atoms with Gasteiger partial charge in [-0.25, -0.2) is 4.68 Å². The van der Waals surface area contributed by atoms with Crippen LogP contribution in [0.1, 0.15) is 74.2 Å². The van der Waals surface area contributed by atoms with Gasteiger partial charge in [0.15, 0.2) is 5.82 Å². The largest absolute Gasteiger partial charge is 0.497 e. The molecule has 212 valence electrons. The van der Waals surface area contributed by atoms with Crippen LogP contribution in [0.2, 0.25) is 0 Å². The number of H-pyrrole nitrogens is 1. The molecule has 0 bridgehead atoms. The van der Waals surface area contributed by atoms with Gasteiger partial charge in [-0.1, -0.05) is 30.7 Å². The molecule has 0 saturated carbocycles. The smallest absolute Gasteiger partial charge is 0.253 e. The Bertz CT molecular complexity index is 1540. The number of ether oxygens (including phenoxy) is 2. The molecule has 0 radical (unpaired) electrons. The lowest BCUT2D eigenvalue weighted by Crippen LogP contribution is -2.41. The van der Waals surface area contributed by atoms with Crippen LogP contribution >= 0.6 is 0 Å². The Morgan fingerprint density at radius 3 is 2.77 bits per heavy atom. The molecule has 0 spiro atoms. The summed E-state index contributed by atoms with van der Waals surface area (Å²) in [7, 11) is 1.67. The molecule has 4 aromatic rings. The van der Waals surface area contributed by atoms with Crippen molar-refractivity contribution in [2.45, 2.75) is 78.1 Å². The number of benzene rings is 2. The number of aromatic amines is 1. The Morgan fingerprint density at radius 2 is 2.05 bits per heavy atom. The van der Waals surface area contributed by atoms with Crippen molar-refractivity contribution >= 4 is 10.9 Å². The van der Waals surface area contributed by atoms with Crippen molar-refractivity contribution in [1.29, 1.82) is 0 Å². The molecule has 0 aliphatic carbocycles. The summed E-state index contributed by atoms with van der Waals surface area (Å²) >= 11 is 0. The van der Waals surface area contributed by atoms with Crippen molar-refractivity contribution in [3.05, 3.63) is 80.9 Å². The highest BCUT2D eigenvalue weighted by atomic mass is 16.5. The van der Waals surface area contributed by atoms with E-state index < -0.39 is 6.04 Å². The van der Waals surface area contributed by atoms with E-state index in [1.165, 1.54) is 0 Å². The number of aromatic nitrogens is 5. The number of fused-ring (bicyclic) bond motifs is 1. The van der Waals surface area contributed by atoms with E-state index in [1.807, 2.05) is 35.9 Å². The average molecular weight is 545 g/mol. The molecule has 5 rings (SSSR count). The van der Waals surface area contributed by atoms with Gasteiger partial charge in [-0.15, -0.1) is 5.10 Å². The minimum absolute atomic E-state index is 0.0562. The van der Waals surface area contributed by atoms with Gasteiger partial charge in [0, 0.05) is 25.3 Å². The Balaban J connectivity index is 1.72. The van der Waals surface area contributed by atoms with E-state index >= 15 is 0 Å². The second-order valence-electron chi connectivity index (χ2n) is 11.5.